The van der Waals surface area contributed by atoms with Crippen molar-refractivity contribution in [3.05, 3.63) is 27.2 Å². The number of carbonyl (C=O) groups excluding carboxylic acids is 1. The van der Waals surface area contributed by atoms with E-state index < -0.39 is 5.56 Å². The maximum absolute atomic E-state index is 11.9. The van der Waals surface area contributed by atoms with Crippen molar-refractivity contribution in [2.24, 2.45) is 0 Å². The molecule has 0 spiro atoms. The van der Waals surface area contributed by atoms with Gasteiger partial charge in [0.1, 0.15) is 18.2 Å². The highest BCUT2D eigenvalue weighted by Gasteiger charge is 2.13. The lowest BCUT2D eigenvalue weighted by atomic mass is 10.1. The van der Waals surface area contributed by atoms with Gasteiger partial charge >= 0.3 is 0 Å². The number of amides is 1. The lowest BCUT2D eigenvalue weighted by Gasteiger charge is -2.09. The number of nitrogens with zero attached hydrogens (tertiary/aromatic N) is 3. The number of aryl methyl sites for hydroxylation is 1. The SMILES string of the molecule is CCCCNC(=O)Cn1nc(C)c(C)c(C#N)c1=O. The highest BCUT2D eigenvalue weighted by atomic mass is 16.2. The minimum atomic E-state index is -0.517. The molecule has 0 fully saturated rings. The molecule has 0 bridgehead atoms. The van der Waals surface area contributed by atoms with Gasteiger partial charge in [-0.15, -0.1) is 0 Å². The number of nitriles is 1. The van der Waals surface area contributed by atoms with Crippen LogP contribution < -0.4 is 10.9 Å². The van der Waals surface area contributed by atoms with Gasteiger partial charge in [-0.2, -0.15) is 10.4 Å². The molecule has 0 aromatic carbocycles. The minimum absolute atomic E-state index is 0.0499. The van der Waals surface area contributed by atoms with Gasteiger partial charge in [0, 0.05) is 6.54 Å². The zero-order valence-electron chi connectivity index (χ0n) is 11.5. The Kier molecular flexibility index (Phi) is 5.24. The van der Waals surface area contributed by atoms with Crippen molar-refractivity contribution in [3.8, 4) is 6.07 Å². The van der Waals surface area contributed by atoms with Crippen LogP contribution in [0.25, 0.3) is 0 Å². The highest BCUT2D eigenvalue weighted by Crippen LogP contribution is 2.04. The van der Waals surface area contributed by atoms with Gasteiger partial charge in [0.25, 0.3) is 5.56 Å². The molecule has 1 heterocycles. The summed E-state index contributed by atoms with van der Waals surface area (Å²) in [7, 11) is 0. The van der Waals surface area contributed by atoms with E-state index in [9.17, 15) is 9.59 Å². The molecule has 102 valence electrons. The summed E-state index contributed by atoms with van der Waals surface area (Å²) in [4.78, 5) is 23.6. The van der Waals surface area contributed by atoms with Crippen molar-refractivity contribution >= 4 is 5.91 Å². The Bertz CT molecular complexity index is 569. The monoisotopic (exact) mass is 262 g/mol. The number of aromatic nitrogens is 2. The lowest BCUT2D eigenvalue weighted by Crippen LogP contribution is -2.35. The number of unbranched alkanes of at least 4 members (excludes halogenated alkanes) is 1. The van der Waals surface area contributed by atoms with Crippen LogP contribution in [0, 0.1) is 25.2 Å². The third-order valence-electron chi connectivity index (χ3n) is 2.89. The van der Waals surface area contributed by atoms with Gasteiger partial charge in [-0.1, -0.05) is 13.3 Å². The number of hydrogen-bond donors (Lipinski definition) is 1. The second kappa shape index (κ2) is 6.69. The van der Waals surface area contributed by atoms with Crippen LogP contribution >= 0.6 is 0 Å². The van der Waals surface area contributed by atoms with Crippen molar-refractivity contribution in [2.75, 3.05) is 6.54 Å². The molecule has 0 atom stereocenters. The Morgan fingerprint density at radius 1 is 1.47 bits per heavy atom. The van der Waals surface area contributed by atoms with Crippen molar-refractivity contribution in [2.45, 2.75) is 40.2 Å². The average Bonchev–Trinajstić information content (AvgIpc) is 2.37. The van der Waals surface area contributed by atoms with E-state index in [0.29, 0.717) is 17.8 Å². The highest BCUT2D eigenvalue weighted by molar-refractivity contribution is 5.75. The molecule has 6 heteroatoms. The molecule has 0 aliphatic rings. The van der Waals surface area contributed by atoms with E-state index in [2.05, 4.69) is 10.4 Å². The zero-order chi connectivity index (χ0) is 14.4. The second-order valence-electron chi connectivity index (χ2n) is 4.36. The molecule has 1 N–H and O–H groups in total. The summed E-state index contributed by atoms with van der Waals surface area (Å²) in [6.45, 7) is 5.84. The number of hydrogen-bond acceptors (Lipinski definition) is 4. The molecule has 6 nitrogen and oxygen atoms in total. The Balaban J connectivity index is 2.91. The Labute approximate surface area is 112 Å². The smallest absolute Gasteiger partial charge is 0.285 e. The summed E-state index contributed by atoms with van der Waals surface area (Å²) in [5, 5.41) is 15.7. The summed E-state index contributed by atoms with van der Waals surface area (Å²) in [5.74, 6) is -0.268. The molecular formula is C13H18N4O2. The first-order chi connectivity index (χ1) is 9.01. The van der Waals surface area contributed by atoms with Gasteiger partial charge in [-0.05, 0) is 25.8 Å². The first kappa shape index (κ1) is 14.9. The third kappa shape index (κ3) is 3.65. The quantitative estimate of drug-likeness (QED) is 0.789. The van der Waals surface area contributed by atoms with Crippen LogP contribution in [0.3, 0.4) is 0 Å². The van der Waals surface area contributed by atoms with E-state index >= 15 is 0 Å². The molecule has 0 unspecified atom stereocenters. The van der Waals surface area contributed by atoms with Crippen LogP contribution in [0.1, 0.15) is 36.6 Å². The lowest BCUT2D eigenvalue weighted by molar-refractivity contribution is -0.121. The molecule has 0 aliphatic carbocycles. The fourth-order valence-corrected chi connectivity index (χ4v) is 1.61. The van der Waals surface area contributed by atoms with Gasteiger partial charge < -0.3 is 5.32 Å². The number of rotatable bonds is 5. The molecule has 0 saturated heterocycles. The van der Waals surface area contributed by atoms with Crippen LogP contribution in [0.2, 0.25) is 0 Å². The summed E-state index contributed by atoms with van der Waals surface area (Å²) in [5.41, 5.74) is 0.678. The molecule has 1 rings (SSSR count). The minimum Gasteiger partial charge on any atom is -0.354 e. The molecule has 0 aliphatic heterocycles. The van der Waals surface area contributed by atoms with E-state index in [0.717, 1.165) is 17.5 Å². The maximum Gasteiger partial charge on any atom is 0.285 e. The predicted molar refractivity (Wildman–Crippen MR) is 70.6 cm³/mol. The molecule has 19 heavy (non-hydrogen) atoms. The van der Waals surface area contributed by atoms with E-state index in [4.69, 9.17) is 5.26 Å². The topological polar surface area (TPSA) is 87.8 Å². The third-order valence-corrected chi connectivity index (χ3v) is 2.89. The van der Waals surface area contributed by atoms with Gasteiger partial charge in [-0.3, -0.25) is 9.59 Å². The summed E-state index contributed by atoms with van der Waals surface area (Å²) >= 11 is 0. The number of carbonyl (C=O) groups is 1. The fourth-order valence-electron chi connectivity index (χ4n) is 1.61. The molecule has 1 amide bonds. The fraction of sp³-hybridized carbons (Fsp3) is 0.538. The second-order valence-corrected chi connectivity index (χ2v) is 4.36. The van der Waals surface area contributed by atoms with E-state index in [1.165, 1.54) is 0 Å². The van der Waals surface area contributed by atoms with Crippen LogP contribution in [0.15, 0.2) is 4.79 Å². The Morgan fingerprint density at radius 2 is 2.16 bits per heavy atom. The van der Waals surface area contributed by atoms with Crippen molar-refractivity contribution in [1.29, 1.82) is 5.26 Å². The van der Waals surface area contributed by atoms with Crippen molar-refractivity contribution < 1.29 is 4.79 Å². The van der Waals surface area contributed by atoms with Crippen molar-refractivity contribution in [1.82, 2.24) is 15.1 Å². The predicted octanol–water partition coefficient (Wildman–Crippen LogP) is 0.648. The number of nitrogens with one attached hydrogen (secondary N) is 1. The molecule has 0 radical (unpaired) electrons. The van der Waals surface area contributed by atoms with Crippen LogP contribution in [-0.4, -0.2) is 22.2 Å². The average molecular weight is 262 g/mol. The Morgan fingerprint density at radius 3 is 2.74 bits per heavy atom. The van der Waals surface area contributed by atoms with E-state index in [-0.39, 0.29) is 18.0 Å². The van der Waals surface area contributed by atoms with Crippen LogP contribution in [0.4, 0.5) is 0 Å². The standard InChI is InChI=1S/C13H18N4O2/c1-4-5-6-15-12(18)8-17-13(19)11(7-14)9(2)10(3)16-17/h4-6,8H2,1-3H3,(H,15,18). The van der Waals surface area contributed by atoms with Gasteiger partial charge in [0.15, 0.2) is 0 Å². The molecule has 1 aromatic rings. The van der Waals surface area contributed by atoms with Gasteiger partial charge in [-0.25, -0.2) is 4.68 Å². The zero-order valence-corrected chi connectivity index (χ0v) is 11.5. The molecular weight excluding hydrogens is 244 g/mol. The first-order valence-electron chi connectivity index (χ1n) is 6.26. The molecule has 1 aromatic heterocycles. The summed E-state index contributed by atoms with van der Waals surface area (Å²) in [6, 6.07) is 1.87. The normalized spacial score (nSPS) is 10.0. The summed E-state index contributed by atoms with van der Waals surface area (Å²) < 4.78 is 1.04. The molecule has 0 saturated carbocycles. The van der Waals surface area contributed by atoms with Gasteiger partial charge in [0.2, 0.25) is 5.91 Å². The first-order valence-corrected chi connectivity index (χ1v) is 6.26. The van der Waals surface area contributed by atoms with Gasteiger partial charge in [0.05, 0.1) is 5.69 Å². The van der Waals surface area contributed by atoms with Crippen molar-refractivity contribution in [3.63, 3.8) is 0 Å². The Hall–Kier alpha value is -2.16. The van der Waals surface area contributed by atoms with E-state index in [1.54, 1.807) is 13.8 Å². The maximum atomic E-state index is 11.9. The van der Waals surface area contributed by atoms with Crippen LogP contribution in [0.5, 0.6) is 0 Å². The van der Waals surface area contributed by atoms with E-state index in [1.807, 2.05) is 13.0 Å². The van der Waals surface area contributed by atoms with Crippen LogP contribution in [-0.2, 0) is 11.3 Å². The summed E-state index contributed by atoms with van der Waals surface area (Å²) in [6.07, 6.45) is 1.88. The largest absolute Gasteiger partial charge is 0.354 e.